The minimum atomic E-state index is -4.87. The topological polar surface area (TPSA) is 77.6 Å². The molecule has 1 aliphatic heterocycles. The minimum Gasteiger partial charge on any atom is -0.452 e. The Labute approximate surface area is 183 Å². The van der Waals surface area contributed by atoms with Crippen LogP contribution in [0.25, 0.3) is 0 Å². The Morgan fingerprint density at radius 1 is 1.29 bits per heavy atom. The third-order valence-electron chi connectivity index (χ3n) is 4.67. The van der Waals surface area contributed by atoms with E-state index in [1.165, 1.54) is 18.3 Å². The van der Waals surface area contributed by atoms with Gasteiger partial charge in [-0.25, -0.2) is 18.8 Å². The van der Waals surface area contributed by atoms with Crippen LogP contribution in [0.1, 0.15) is 28.0 Å². The van der Waals surface area contributed by atoms with E-state index in [4.69, 9.17) is 28.9 Å². The van der Waals surface area contributed by atoms with Crippen LogP contribution in [0.5, 0.6) is 0 Å². The summed E-state index contributed by atoms with van der Waals surface area (Å²) in [5.41, 5.74) is 2.69. The molecule has 3 rings (SSSR count). The van der Waals surface area contributed by atoms with Crippen molar-refractivity contribution < 1.29 is 31.5 Å². The Kier molecular flexibility index (Phi) is 6.43. The number of aliphatic imine (C=N–C) groups is 1. The second-order valence-electron chi connectivity index (χ2n) is 6.87. The third kappa shape index (κ3) is 4.90. The Morgan fingerprint density at radius 2 is 2.00 bits per heavy atom. The van der Waals surface area contributed by atoms with Gasteiger partial charge in [-0.1, -0.05) is 29.3 Å². The highest BCUT2D eigenvalue weighted by molar-refractivity contribution is 6.36. The molecule has 1 aromatic heterocycles. The lowest BCUT2D eigenvalue weighted by Crippen LogP contribution is -2.48. The van der Waals surface area contributed by atoms with Crippen molar-refractivity contribution in [3.05, 3.63) is 63.1 Å². The first kappa shape index (κ1) is 23.2. The Morgan fingerprint density at radius 3 is 2.61 bits per heavy atom. The molecule has 0 saturated carbocycles. The van der Waals surface area contributed by atoms with E-state index >= 15 is 0 Å². The van der Waals surface area contributed by atoms with E-state index in [0.29, 0.717) is 0 Å². The SMILES string of the molecule is NC1=N[C@](CF)(c2cc(CC(=O)c3ncc(Cl)cc3Cl)ccc2F)C[C@@H](C(F)(F)F)O1. The molecular weight excluding hydrogens is 468 g/mol. The van der Waals surface area contributed by atoms with Gasteiger partial charge in [-0.15, -0.1) is 0 Å². The van der Waals surface area contributed by atoms with Crippen LogP contribution in [0.4, 0.5) is 22.0 Å². The number of nitrogens with zero attached hydrogens (tertiary/aromatic N) is 2. The fraction of sp³-hybridized carbons (Fsp3) is 0.316. The maximum atomic E-state index is 14.6. The molecule has 0 aliphatic carbocycles. The average molecular weight is 482 g/mol. The number of alkyl halides is 4. The monoisotopic (exact) mass is 481 g/mol. The molecule has 2 atom stereocenters. The first-order valence-electron chi connectivity index (χ1n) is 8.73. The standard InChI is InChI=1S/C19H14Cl2F5N3O2/c20-10-5-12(21)16(28-7-10)14(30)4-9-1-2-13(23)11(3-9)18(8-22)6-15(19(24,25)26)31-17(27)29-18/h1-3,5,7,15H,4,6,8H2,(H2,27,29)/t15-,18+/m0/s1. The van der Waals surface area contributed by atoms with Crippen LogP contribution in [-0.4, -0.2) is 35.7 Å². The van der Waals surface area contributed by atoms with Crippen LogP contribution in [0.15, 0.2) is 35.5 Å². The van der Waals surface area contributed by atoms with Gasteiger partial charge >= 0.3 is 6.18 Å². The predicted octanol–water partition coefficient (Wildman–Crippen LogP) is 4.78. The number of Topliss-reactive ketones (excluding diaryl/α,β-unsaturated/α-hetero) is 1. The summed E-state index contributed by atoms with van der Waals surface area (Å²) in [6.07, 6.45) is -7.48. The van der Waals surface area contributed by atoms with E-state index in [0.717, 1.165) is 12.1 Å². The summed E-state index contributed by atoms with van der Waals surface area (Å²) in [6, 6.07) is 3.63. The first-order valence-corrected chi connectivity index (χ1v) is 9.48. The molecule has 1 aromatic carbocycles. The van der Waals surface area contributed by atoms with Gasteiger partial charge in [-0.2, -0.15) is 13.2 Å². The number of amidine groups is 1. The summed E-state index contributed by atoms with van der Waals surface area (Å²) in [6.45, 7) is -1.47. The van der Waals surface area contributed by atoms with Crippen molar-refractivity contribution in [1.29, 1.82) is 0 Å². The summed E-state index contributed by atoms with van der Waals surface area (Å²) in [7, 11) is 0. The second kappa shape index (κ2) is 8.58. The molecule has 0 unspecified atom stereocenters. The summed E-state index contributed by atoms with van der Waals surface area (Å²) < 4.78 is 72.6. The fourth-order valence-corrected chi connectivity index (χ4v) is 3.70. The van der Waals surface area contributed by atoms with Crippen LogP contribution < -0.4 is 5.73 Å². The number of rotatable bonds is 5. The Balaban J connectivity index is 1.98. The van der Waals surface area contributed by atoms with Gasteiger partial charge in [0, 0.05) is 24.6 Å². The molecule has 0 spiro atoms. The highest BCUT2D eigenvalue weighted by Gasteiger charge is 2.52. The van der Waals surface area contributed by atoms with Crippen molar-refractivity contribution >= 4 is 35.0 Å². The summed E-state index contributed by atoms with van der Waals surface area (Å²) >= 11 is 11.7. The highest BCUT2D eigenvalue weighted by Crippen LogP contribution is 2.41. The molecule has 2 heterocycles. The summed E-state index contributed by atoms with van der Waals surface area (Å²) in [5.74, 6) is -1.56. The maximum Gasteiger partial charge on any atom is 0.425 e. The lowest BCUT2D eigenvalue weighted by molar-refractivity contribution is -0.209. The van der Waals surface area contributed by atoms with Crippen molar-refractivity contribution in [2.45, 2.75) is 30.7 Å². The normalized spacial score (nSPS) is 21.4. The minimum absolute atomic E-state index is 0.00474. The number of carbonyl (C=O) groups excluding carboxylic acids is 1. The maximum absolute atomic E-state index is 14.6. The highest BCUT2D eigenvalue weighted by atomic mass is 35.5. The largest absolute Gasteiger partial charge is 0.452 e. The van der Waals surface area contributed by atoms with E-state index in [-0.39, 0.29) is 27.7 Å². The number of hydrogen-bond donors (Lipinski definition) is 1. The zero-order valence-corrected chi connectivity index (χ0v) is 17.0. The average Bonchev–Trinajstić information content (AvgIpc) is 2.68. The van der Waals surface area contributed by atoms with Crippen LogP contribution in [-0.2, 0) is 16.7 Å². The van der Waals surface area contributed by atoms with E-state index < -0.39 is 54.1 Å². The third-order valence-corrected chi connectivity index (χ3v) is 5.16. The number of ketones is 1. The number of benzene rings is 1. The van der Waals surface area contributed by atoms with Crippen LogP contribution in [0, 0.1) is 5.82 Å². The fourth-order valence-electron chi connectivity index (χ4n) is 3.21. The molecule has 1 aliphatic rings. The van der Waals surface area contributed by atoms with Gasteiger partial charge in [0.2, 0.25) is 0 Å². The van der Waals surface area contributed by atoms with Crippen molar-refractivity contribution in [3.63, 3.8) is 0 Å². The first-order chi connectivity index (χ1) is 14.4. The van der Waals surface area contributed by atoms with Crippen LogP contribution in [0.2, 0.25) is 10.0 Å². The van der Waals surface area contributed by atoms with Gasteiger partial charge < -0.3 is 10.5 Å². The van der Waals surface area contributed by atoms with Gasteiger partial charge in [-0.3, -0.25) is 4.79 Å². The molecule has 0 fully saturated rings. The van der Waals surface area contributed by atoms with Gasteiger partial charge in [-0.05, 0) is 23.8 Å². The smallest absolute Gasteiger partial charge is 0.425 e. The number of nitrogens with two attached hydrogens (primary N) is 1. The number of aromatic nitrogens is 1. The van der Waals surface area contributed by atoms with Crippen molar-refractivity contribution in [3.8, 4) is 0 Å². The zero-order chi connectivity index (χ0) is 23.0. The lowest BCUT2D eigenvalue weighted by atomic mass is 9.83. The quantitative estimate of drug-likeness (QED) is 0.492. The Bertz CT molecular complexity index is 1050. The molecule has 0 amide bonds. The van der Waals surface area contributed by atoms with Crippen molar-refractivity contribution in [2.24, 2.45) is 10.7 Å². The van der Waals surface area contributed by atoms with Crippen molar-refractivity contribution in [2.75, 3.05) is 6.67 Å². The number of carbonyl (C=O) groups is 1. The molecule has 0 radical (unpaired) electrons. The van der Waals surface area contributed by atoms with E-state index in [2.05, 4.69) is 14.7 Å². The van der Waals surface area contributed by atoms with Crippen LogP contribution >= 0.6 is 23.2 Å². The molecule has 5 nitrogen and oxygen atoms in total. The van der Waals surface area contributed by atoms with Gasteiger partial charge in [0.25, 0.3) is 6.02 Å². The number of ether oxygens (including phenoxy) is 1. The van der Waals surface area contributed by atoms with Crippen molar-refractivity contribution in [1.82, 2.24) is 4.98 Å². The van der Waals surface area contributed by atoms with E-state index in [1.807, 2.05) is 0 Å². The second-order valence-corrected chi connectivity index (χ2v) is 7.71. The molecule has 12 heteroatoms. The van der Waals surface area contributed by atoms with Gasteiger partial charge in [0.1, 0.15) is 23.7 Å². The predicted molar refractivity (Wildman–Crippen MR) is 104 cm³/mol. The molecule has 2 aromatic rings. The molecule has 0 bridgehead atoms. The van der Waals surface area contributed by atoms with E-state index in [1.54, 1.807) is 0 Å². The number of hydrogen-bond acceptors (Lipinski definition) is 5. The van der Waals surface area contributed by atoms with Gasteiger partial charge in [0.05, 0.1) is 10.0 Å². The zero-order valence-electron chi connectivity index (χ0n) is 15.5. The molecule has 31 heavy (non-hydrogen) atoms. The summed E-state index contributed by atoms with van der Waals surface area (Å²) in [4.78, 5) is 20.0. The molecular formula is C19H14Cl2F5N3O2. The van der Waals surface area contributed by atoms with E-state index in [9.17, 15) is 26.7 Å². The Hall–Kier alpha value is -2.46. The molecule has 2 N–H and O–H groups in total. The number of halogens is 7. The summed E-state index contributed by atoms with van der Waals surface area (Å²) in [5, 5.41) is 0.208. The van der Waals surface area contributed by atoms with Gasteiger partial charge in [0.15, 0.2) is 11.9 Å². The lowest BCUT2D eigenvalue weighted by Gasteiger charge is -2.36. The number of pyridine rings is 1. The molecule has 166 valence electrons. The molecule has 0 saturated heterocycles. The van der Waals surface area contributed by atoms with Crippen LogP contribution in [0.3, 0.4) is 0 Å².